The number of para-hydroxylation sites is 2. The van der Waals surface area contributed by atoms with Crippen molar-refractivity contribution >= 4 is 17.7 Å². The van der Waals surface area contributed by atoms with Gasteiger partial charge in [-0.2, -0.15) is 0 Å². The molecule has 2 aromatic rings. The number of aromatic nitrogens is 3. The second kappa shape index (κ2) is 6.95. The molecule has 2 heterocycles. The van der Waals surface area contributed by atoms with Crippen molar-refractivity contribution in [2.45, 2.75) is 30.0 Å². The number of hydrogen-bond acceptors (Lipinski definition) is 6. The van der Waals surface area contributed by atoms with Gasteiger partial charge >= 0.3 is 0 Å². The summed E-state index contributed by atoms with van der Waals surface area (Å²) in [4.78, 5) is 12.1. The number of carbonyl (C=O) groups is 1. The number of rotatable bonds is 6. The maximum atomic E-state index is 12.1. The lowest BCUT2D eigenvalue weighted by Crippen LogP contribution is -2.41. The summed E-state index contributed by atoms with van der Waals surface area (Å²) >= 11 is 1.40. The van der Waals surface area contributed by atoms with Gasteiger partial charge in [0.05, 0.1) is 12.3 Å². The molecule has 132 valence electrons. The van der Waals surface area contributed by atoms with Crippen LogP contribution in [0.2, 0.25) is 0 Å². The van der Waals surface area contributed by atoms with E-state index in [1.165, 1.54) is 24.6 Å². The number of nitrogens with one attached hydrogen (secondary N) is 1. The van der Waals surface area contributed by atoms with Crippen LogP contribution in [0.5, 0.6) is 11.5 Å². The summed E-state index contributed by atoms with van der Waals surface area (Å²) in [6.07, 6.45) is 2.19. The lowest BCUT2D eigenvalue weighted by atomic mass is 10.2. The van der Waals surface area contributed by atoms with Gasteiger partial charge in [0.1, 0.15) is 18.5 Å². The molecule has 1 fully saturated rings. The topological polar surface area (TPSA) is 78.3 Å². The van der Waals surface area contributed by atoms with Crippen LogP contribution in [-0.2, 0) is 11.8 Å². The summed E-state index contributed by atoms with van der Waals surface area (Å²) < 4.78 is 13.5. The Hall–Kier alpha value is -2.22. The number of benzene rings is 1. The van der Waals surface area contributed by atoms with Crippen molar-refractivity contribution in [3.63, 3.8) is 0 Å². The monoisotopic (exact) mass is 360 g/mol. The highest BCUT2D eigenvalue weighted by atomic mass is 32.2. The third-order valence-corrected chi connectivity index (χ3v) is 5.26. The zero-order valence-corrected chi connectivity index (χ0v) is 14.8. The van der Waals surface area contributed by atoms with Crippen LogP contribution in [0.4, 0.5) is 0 Å². The van der Waals surface area contributed by atoms with Crippen molar-refractivity contribution in [2.75, 3.05) is 18.9 Å². The molecule has 7 nitrogen and oxygen atoms in total. The largest absolute Gasteiger partial charge is 0.486 e. The van der Waals surface area contributed by atoms with Gasteiger partial charge < -0.3 is 19.4 Å². The summed E-state index contributed by atoms with van der Waals surface area (Å²) in [6.45, 7) is 0.846. The van der Waals surface area contributed by atoms with Gasteiger partial charge in [0.25, 0.3) is 0 Å². The lowest BCUT2D eigenvalue weighted by Gasteiger charge is -2.26. The standard InChI is InChI=1S/C17H20N4O3S/c1-21-16(11-6-7-11)19-20-17(21)25-10-15(22)18-8-12-9-23-13-4-2-3-5-14(13)24-12/h2-5,11-12H,6-10H2,1H3,(H,18,22)/t12-/m1/s1. The highest BCUT2D eigenvalue weighted by Crippen LogP contribution is 2.39. The van der Waals surface area contributed by atoms with Crippen LogP contribution in [-0.4, -0.2) is 45.7 Å². The summed E-state index contributed by atoms with van der Waals surface area (Å²) in [5.41, 5.74) is 0. The molecule has 0 saturated heterocycles. The second-order valence-corrected chi connectivity index (χ2v) is 7.21. The van der Waals surface area contributed by atoms with E-state index in [0.29, 0.717) is 30.6 Å². The number of fused-ring (bicyclic) bond motifs is 1. The Morgan fingerprint density at radius 1 is 1.32 bits per heavy atom. The van der Waals surface area contributed by atoms with E-state index in [1.807, 2.05) is 35.9 Å². The first-order chi connectivity index (χ1) is 12.2. The first-order valence-electron chi connectivity index (χ1n) is 8.38. The maximum Gasteiger partial charge on any atom is 0.230 e. The molecule has 1 N–H and O–H groups in total. The highest BCUT2D eigenvalue weighted by molar-refractivity contribution is 7.99. The molecule has 4 rings (SSSR count). The van der Waals surface area contributed by atoms with Crippen molar-refractivity contribution in [3.8, 4) is 11.5 Å². The van der Waals surface area contributed by atoms with Crippen LogP contribution in [0.3, 0.4) is 0 Å². The molecule has 0 bridgehead atoms. The predicted molar refractivity (Wildman–Crippen MR) is 93.1 cm³/mol. The van der Waals surface area contributed by atoms with Gasteiger partial charge in [-0.25, -0.2) is 0 Å². The van der Waals surface area contributed by atoms with Gasteiger partial charge in [0.2, 0.25) is 5.91 Å². The van der Waals surface area contributed by atoms with E-state index < -0.39 is 0 Å². The smallest absolute Gasteiger partial charge is 0.230 e. The normalized spacial score (nSPS) is 18.8. The fraction of sp³-hybridized carbons (Fsp3) is 0.471. The lowest BCUT2D eigenvalue weighted by molar-refractivity contribution is -0.119. The van der Waals surface area contributed by atoms with Crippen LogP contribution >= 0.6 is 11.8 Å². The zero-order valence-electron chi connectivity index (χ0n) is 14.0. The van der Waals surface area contributed by atoms with Crippen LogP contribution in [0.15, 0.2) is 29.4 Å². The van der Waals surface area contributed by atoms with E-state index in [1.54, 1.807) is 0 Å². The van der Waals surface area contributed by atoms with Gasteiger partial charge in [-0.05, 0) is 25.0 Å². The molecule has 0 spiro atoms. The summed E-state index contributed by atoms with van der Waals surface area (Å²) in [5.74, 6) is 3.29. The van der Waals surface area contributed by atoms with Crippen molar-refractivity contribution < 1.29 is 14.3 Å². The zero-order chi connectivity index (χ0) is 17.2. The van der Waals surface area contributed by atoms with E-state index in [2.05, 4.69) is 15.5 Å². The number of thioether (sulfide) groups is 1. The molecule has 2 aliphatic rings. The van der Waals surface area contributed by atoms with Crippen molar-refractivity contribution in [3.05, 3.63) is 30.1 Å². The van der Waals surface area contributed by atoms with Crippen LogP contribution < -0.4 is 14.8 Å². The minimum Gasteiger partial charge on any atom is -0.486 e. The molecule has 1 aliphatic carbocycles. The summed E-state index contributed by atoms with van der Waals surface area (Å²) in [6, 6.07) is 7.54. The Balaban J connectivity index is 1.23. The summed E-state index contributed by atoms with van der Waals surface area (Å²) in [7, 11) is 1.96. The molecular weight excluding hydrogens is 340 g/mol. The maximum absolute atomic E-state index is 12.1. The Morgan fingerprint density at radius 2 is 2.12 bits per heavy atom. The van der Waals surface area contributed by atoms with E-state index >= 15 is 0 Å². The third kappa shape index (κ3) is 3.73. The molecule has 0 unspecified atom stereocenters. The minimum atomic E-state index is -0.180. The number of carbonyl (C=O) groups excluding carboxylic acids is 1. The number of ether oxygens (including phenoxy) is 2. The minimum absolute atomic E-state index is 0.0524. The SMILES string of the molecule is Cn1c(SCC(=O)NC[C@@H]2COc3ccccc3O2)nnc1C1CC1. The fourth-order valence-corrected chi connectivity index (χ4v) is 3.47. The van der Waals surface area contributed by atoms with Gasteiger partial charge in [0.15, 0.2) is 16.7 Å². The van der Waals surface area contributed by atoms with Gasteiger partial charge in [-0.3, -0.25) is 4.79 Å². The molecule has 8 heteroatoms. The van der Waals surface area contributed by atoms with Crippen LogP contribution in [0, 0.1) is 0 Å². The van der Waals surface area contributed by atoms with Gasteiger partial charge in [-0.15, -0.1) is 10.2 Å². The number of nitrogens with zero attached hydrogens (tertiary/aromatic N) is 3. The molecule has 1 aromatic carbocycles. The highest BCUT2D eigenvalue weighted by Gasteiger charge is 2.29. The Morgan fingerprint density at radius 3 is 2.92 bits per heavy atom. The third-order valence-electron chi connectivity index (χ3n) is 4.24. The molecular formula is C17H20N4O3S. The van der Waals surface area contributed by atoms with Crippen molar-refractivity contribution in [2.24, 2.45) is 7.05 Å². The molecule has 1 aromatic heterocycles. The van der Waals surface area contributed by atoms with Crippen molar-refractivity contribution in [1.29, 1.82) is 0 Å². The van der Waals surface area contributed by atoms with Gasteiger partial charge in [0, 0.05) is 13.0 Å². The molecule has 0 radical (unpaired) electrons. The Kier molecular flexibility index (Phi) is 4.52. The molecule has 1 atom stereocenters. The average molecular weight is 360 g/mol. The van der Waals surface area contributed by atoms with Crippen molar-refractivity contribution in [1.82, 2.24) is 20.1 Å². The molecule has 1 aliphatic heterocycles. The molecule has 25 heavy (non-hydrogen) atoms. The van der Waals surface area contributed by atoms with Gasteiger partial charge in [-0.1, -0.05) is 23.9 Å². The van der Waals surface area contributed by atoms with Crippen LogP contribution in [0.25, 0.3) is 0 Å². The quantitative estimate of drug-likeness (QED) is 0.791. The summed E-state index contributed by atoms with van der Waals surface area (Å²) in [5, 5.41) is 12.1. The number of hydrogen-bond donors (Lipinski definition) is 1. The average Bonchev–Trinajstić information content (AvgIpc) is 3.41. The van der Waals surface area contributed by atoms with Crippen LogP contribution in [0.1, 0.15) is 24.6 Å². The number of amides is 1. The first kappa shape index (κ1) is 16.3. The Bertz CT molecular complexity index is 775. The van der Waals surface area contributed by atoms with E-state index in [-0.39, 0.29) is 12.0 Å². The molecule has 1 amide bonds. The molecule has 1 saturated carbocycles. The predicted octanol–water partition coefficient (Wildman–Crippen LogP) is 1.74. The van der Waals surface area contributed by atoms with E-state index in [9.17, 15) is 4.79 Å². The first-order valence-corrected chi connectivity index (χ1v) is 9.36. The van der Waals surface area contributed by atoms with E-state index in [4.69, 9.17) is 9.47 Å². The van der Waals surface area contributed by atoms with E-state index in [0.717, 1.165) is 16.7 Å². The second-order valence-electron chi connectivity index (χ2n) is 6.26. The Labute approximate surface area is 150 Å². The fourth-order valence-electron chi connectivity index (χ4n) is 2.72.